The van der Waals surface area contributed by atoms with E-state index >= 15 is 0 Å². The second-order valence-corrected chi connectivity index (χ2v) is 12.1. The number of carbonyl (C=O) groups is 3. The van der Waals surface area contributed by atoms with Gasteiger partial charge >= 0.3 is 4.87 Å². The molecule has 8 nitrogen and oxygen atoms in total. The lowest BCUT2D eigenvalue weighted by Crippen LogP contribution is -2.33. The highest BCUT2D eigenvalue weighted by Gasteiger charge is 2.56. The molecule has 0 bridgehead atoms. The number of nitrogens with one attached hydrogen (secondary N) is 1. The summed E-state index contributed by atoms with van der Waals surface area (Å²) >= 11 is 14.0. The predicted octanol–water partition coefficient (Wildman–Crippen LogP) is 5.19. The molecule has 0 saturated carbocycles. The lowest BCUT2D eigenvalue weighted by Gasteiger charge is -2.30. The van der Waals surface area contributed by atoms with Gasteiger partial charge in [0.1, 0.15) is 17.6 Å². The number of hydrogen-bond donors (Lipinski definition) is 1. The Hall–Kier alpha value is -3.51. The van der Waals surface area contributed by atoms with Crippen LogP contribution >= 0.6 is 46.3 Å². The highest BCUT2D eigenvalue weighted by molar-refractivity contribution is 8.00. The number of rotatable bonds is 5. The molecule has 1 fully saturated rings. The number of amides is 3. The number of thioether (sulfide) groups is 1. The molecule has 3 unspecified atom stereocenters. The molecule has 3 amide bonds. The average molecular weight is 615 g/mol. The minimum Gasteiger partial charge on any atom is -0.324 e. The van der Waals surface area contributed by atoms with E-state index in [1.165, 1.54) is 34.9 Å². The van der Waals surface area contributed by atoms with Crippen molar-refractivity contribution in [2.24, 2.45) is 5.92 Å². The van der Waals surface area contributed by atoms with Gasteiger partial charge in [0.15, 0.2) is 0 Å². The Bertz CT molecular complexity index is 1730. The predicted molar refractivity (Wildman–Crippen MR) is 152 cm³/mol. The molecule has 40 heavy (non-hydrogen) atoms. The fraction of sp³-hybridized carbons (Fsp3) is 0.148. The topological polar surface area (TPSA) is 101 Å². The van der Waals surface area contributed by atoms with Crippen LogP contribution in [0.2, 0.25) is 10.0 Å². The van der Waals surface area contributed by atoms with Crippen molar-refractivity contribution >= 4 is 75.4 Å². The molecule has 2 aliphatic heterocycles. The zero-order valence-corrected chi connectivity index (χ0v) is 23.4. The number of pyridine rings is 1. The number of carbonyl (C=O) groups excluding carboxylic acids is 3. The Morgan fingerprint density at radius 1 is 1.02 bits per heavy atom. The third-order valence-corrected chi connectivity index (χ3v) is 10.0. The van der Waals surface area contributed by atoms with Gasteiger partial charge in [0.2, 0.25) is 17.7 Å². The first-order valence-electron chi connectivity index (χ1n) is 11.9. The van der Waals surface area contributed by atoms with Crippen molar-refractivity contribution in [2.45, 2.75) is 22.7 Å². The van der Waals surface area contributed by atoms with Crippen LogP contribution in [0.25, 0.3) is 0 Å². The van der Waals surface area contributed by atoms with Gasteiger partial charge in [-0.05, 0) is 54.1 Å². The van der Waals surface area contributed by atoms with E-state index in [0.29, 0.717) is 26.2 Å². The minimum absolute atomic E-state index is 0.262. The van der Waals surface area contributed by atoms with Crippen molar-refractivity contribution in [1.82, 2.24) is 9.55 Å². The van der Waals surface area contributed by atoms with Crippen LogP contribution in [0.3, 0.4) is 0 Å². The molecule has 0 radical (unpaired) electrons. The summed E-state index contributed by atoms with van der Waals surface area (Å²) in [6.45, 7) is -0.321. The summed E-state index contributed by atoms with van der Waals surface area (Å²) in [7, 11) is 0. The quantitative estimate of drug-likeness (QED) is 0.311. The molecule has 2 aromatic carbocycles. The summed E-state index contributed by atoms with van der Waals surface area (Å²) in [6, 6.07) is 13.3. The Balaban J connectivity index is 1.39. The van der Waals surface area contributed by atoms with Crippen LogP contribution in [-0.4, -0.2) is 32.5 Å². The van der Waals surface area contributed by atoms with Crippen LogP contribution < -0.4 is 15.1 Å². The van der Waals surface area contributed by atoms with Gasteiger partial charge in [0.25, 0.3) is 0 Å². The molecule has 13 heteroatoms. The van der Waals surface area contributed by atoms with E-state index in [9.17, 15) is 23.6 Å². The lowest BCUT2D eigenvalue weighted by atomic mass is 9.84. The van der Waals surface area contributed by atoms with Crippen LogP contribution in [0.1, 0.15) is 16.4 Å². The first-order chi connectivity index (χ1) is 19.2. The van der Waals surface area contributed by atoms with E-state index in [1.54, 1.807) is 36.7 Å². The number of nitrogens with zero attached hydrogens (tertiary/aromatic N) is 3. The summed E-state index contributed by atoms with van der Waals surface area (Å²) in [5, 5.41) is 2.88. The van der Waals surface area contributed by atoms with Gasteiger partial charge in [-0.2, -0.15) is 0 Å². The second-order valence-electron chi connectivity index (χ2n) is 9.12. The number of thiazole rings is 1. The fourth-order valence-corrected chi connectivity index (χ4v) is 8.01. The van der Waals surface area contributed by atoms with Gasteiger partial charge in [-0.25, -0.2) is 9.29 Å². The molecular weight excluding hydrogens is 598 g/mol. The highest BCUT2D eigenvalue weighted by Crippen LogP contribution is 2.53. The third-order valence-electron chi connectivity index (χ3n) is 6.68. The van der Waals surface area contributed by atoms with Crippen molar-refractivity contribution in [1.29, 1.82) is 0 Å². The smallest absolute Gasteiger partial charge is 0.308 e. The Morgan fingerprint density at radius 3 is 2.50 bits per heavy atom. The Kier molecular flexibility index (Phi) is 6.99. The standard InChI is InChI=1S/C27H17Cl2FN4O4S2/c28-17-8-5-15(10-18(17)29)32-19(35)12-33-26-23(40-27(33)38)20(13-2-1-9-31-11-13)21-22(39-26)25(37)34(24(21)36)16-6-3-14(30)4-7-16/h1-11,20-22H,12H2,(H,32,35). The number of fused-ring (bicyclic) bond motifs is 2. The number of anilines is 2. The summed E-state index contributed by atoms with van der Waals surface area (Å²) in [5.41, 5.74) is 1.33. The summed E-state index contributed by atoms with van der Waals surface area (Å²) < 4.78 is 14.9. The normalized spacial score (nSPS) is 19.9. The zero-order valence-electron chi connectivity index (χ0n) is 20.2. The molecule has 0 aliphatic carbocycles. The summed E-state index contributed by atoms with van der Waals surface area (Å²) in [5.74, 6) is -3.36. The van der Waals surface area contributed by atoms with Crippen molar-refractivity contribution in [3.8, 4) is 0 Å². The molecule has 202 valence electrons. The van der Waals surface area contributed by atoms with E-state index in [-0.39, 0.29) is 17.3 Å². The van der Waals surface area contributed by atoms with Gasteiger partial charge in [-0.3, -0.25) is 28.7 Å². The maximum atomic E-state index is 13.8. The monoisotopic (exact) mass is 614 g/mol. The number of imide groups is 1. The molecule has 2 aromatic heterocycles. The van der Waals surface area contributed by atoms with E-state index in [2.05, 4.69) is 10.3 Å². The second kappa shape index (κ2) is 10.5. The SMILES string of the molecule is O=C(Cn1c2c(sc1=O)C(c1cccnc1)C1C(=O)N(c3ccc(F)cc3)C(=O)C1S2)Nc1ccc(Cl)c(Cl)c1. The Labute approximate surface area is 244 Å². The average Bonchev–Trinajstić information content (AvgIpc) is 3.38. The van der Waals surface area contributed by atoms with Crippen molar-refractivity contribution in [2.75, 3.05) is 10.2 Å². The van der Waals surface area contributed by atoms with E-state index < -0.39 is 45.5 Å². The zero-order chi connectivity index (χ0) is 28.1. The highest BCUT2D eigenvalue weighted by atomic mass is 35.5. The van der Waals surface area contributed by atoms with Crippen LogP contribution in [0.4, 0.5) is 15.8 Å². The molecule has 4 heterocycles. The maximum absolute atomic E-state index is 13.8. The van der Waals surface area contributed by atoms with Gasteiger partial charge in [-0.1, -0.05) is 52.4 Å². The summed E-state index contributed by atoms with van der Waals surface area (Å²) in [6.07, 6.45) is 3.19. The first-order valence-corrected chi connectivity index (χ1v) is 14.4. The third kappa shape index (κ3) is 4.62. The van der Waals surface area contributed by atoms with Crippen LogP contribution in [-0.2, 0) is 20.9 Å². The number of benzene rings is 2. The van der Waals surface area contributed by atoms with Crippen LogP contribution in [0, 0.1) is 11.7 Å². The van der Waals surface area contributed by atoms with Crippen molar-refractivity contribution in [3.05, 3.63) is 103 Å². The van der Waals surface area contributed by atoms with E-state index in [1.807, 2.05) is 0 Å². The van der Waals surface area contributed by atoms with Gasteiger partial charge < -0.3 is 5.32 Å². The molecule has 3 atom stereocenters. The lowest BCUT2D eigenvalue weighted by molar-refractivity contribution is -0.122. The molecule has 1 N–H and O–H groups in total. The van der Waals surface area contributed by atoms with Gasteiger partial charge in [0.05, 0.1) is 26.7 Å². The number of halogens is 3. The largest absolute Gasteiger partial charge is 0.324 e. The molecular formula is C27H17Cl2FN4O4S2. The van der Waals surface area contributed by atoms with Gasteiger partial charge in [-0.15, -0.1) is 0 Å². The first kappa shape index (κ1) is 26.7. The fourth-order valence-electron chi connectivity index (χ4n) is 4.94. The molecule has 6 rings (SSSR count). The van der Waals surface area contributed by atoms with Gasteiger partial charge in [0, 0.05) is 28.9 Å². The van der Waals surface area contributed by atoms with Crippen molar-refractivity contribution in [3.63, 3.8) is 0 Å². The van der Waals surface area contributed by atoms with Crippen molar-refractivity contribution < 1.29 is 18.8 Å². The molecule has 1 saturated heterocycles. The maximum Gasteiger partial charge on any atom is 0.308 e. The summed E-state index contributed by atoms with van der Waals surface area (Å²) in [4.78, 5) is 59.0. The van der Waals surface area contributed by atoms with Crippen LogP contribution in [0.5, 0.6) is 0 Å². The van der Waals surface area contributed by atoms with E-state index in [4.69, 9.17) is 23.2 Å². The number of aromatic nitrogens is 2. The molecule has 0 spiro atoms. The molecule has 2 aliphatic rings. The van der Waals surface area contributed by atoms with E-state index in [0.717, 1.165) is 28.0 Å². The molecule has 4 aromatic rings. The minimum atomic E-state index is -0.867. The Morgan fingerprint density at radius 2 is 1.80 bits per heavy atom. The number of hydrogen-bond acceptors (Lipinski definition) is 7. The van der Waals surface area contributed by atoms with Crippen LogP contribution in [0.15, 0.2) is 76.8 Å².